The summed E-state index contributed by atoms with van der Waals surface area (Å²) in [7, 11) is 1.55. The molecule has 0 fully saturated rings. The van der Waals surface area contributed by atoms with Gasteiger partial charge in [0.25, 0.3) is 5.91 Å². The zero-order valence-electron chi connectivity index (χ0n) is 14.4. The Kier molecular flexibility index (Phi) is 5.33. The molecule has 27 heavy (non-hydrogen) atoms. The number of anilines is 1. The molecule has 0 bridgehead atoms. The molecule has 0 unspecified atom stereocenters. The Morgan fingerprint density at radius 2 is 1.81 bits per heavy atom. The van der Waals surface area contributed by atoms with Crippen LogP contribution in [0, 0.1) is 17.1 Å². The molecule has 1 amide bonds. The van der Waals surface area contributed by atoms with Crippen molar-refractivity contribution >= 4 is 17.7 Å². The number of amides is 1. The van der Waals surface area contributed by atoms with Gasteiger partial charge in [0.2, 0.25) is 0 Å². The lowest BCUT2D eigenvalue weighted by Crippen LogP contribution is -2.13. The number of nitriles is 1. The van der Waals surface area contributed by atoms with E-state index in [0.717, 1.165) is 0 Å². The molecule has 1 aromatic heterocycles. The van der Waals surface area contributed by atoms with E-state index in [-0.39, 0.29) is 11.4 Å². The smallest absolute Gasteiger partial charge is 0.266 e. The third kappa shape index (κ3) is 4.41. The minimum absolute atomic E-state index is 0.106. The van der Waals surface area contributed by atoms with E-state index in [0.29, 0.717) is 28.5 Å². The van der Waals surface area contributed by atoms with Crippen molar-refractivity contribution in [2.45, 2.75) is 0 Å². The van der Waals surface area contributed by atoms with Crippen LogP contribution in [0.15, 0.2) is 70.7 Å². The van der Waals surface area contributed by atoms with E-state index in [1.807, 2.05) is 6.07 Å². The SMILES string of the molecule is COc1ccc(NC(=O)/C(C#N)=C\c2ccc(-c3ccc(F)cc3)o2)cc1. The van der Waals surface area contributed by atoms with Crippen LogP contribution in [-0.4, -0.2) is 13.0 Å². The first-order valence-corrected chi connectivity index (χ1v) is 8.02. The van der Waals surface area contributed by atoms with Crippen LogP contribution in [0.1, 0.15) is 5.76 Å². The van der Waals surface area contributed by atoms with Crippen molar-refractivity contribution < 1.29 is 18.3 Å². The molecule has 0 spiro atoms. The lowest BCUT2D eigenvalue weighted by molar-refractivity contribution is -0.112. The van der Waals surface area contributed by atoms with E-state index in [9.17, 15) is 14.4 Å². The lowest BCUT2D eigenvalue weighted by atomic mass is 10.2. The minimum Gasteiger partial charge on any atom is -0.497 e. The molecule has 0 saturated heterocycles. The lowest BCUT2D eigenvalue weighted by Gasteiger charge is -2.05. The van der Waals surface area contributed by atoms with Gasteiger partial charge in [0.05, 0.1) is 7.11 Å². The number of nitrogens with one attached hydrogen (secondary N) is 1. The molecule has 0 saturated carbocycles. The summed E-state index contributed by atoms with van der Waals surface area (Å²) in [4.78, 5) is 12.3. The molecule has 2 aromatic carbocycles. The van der Waals surface area contributed by atoms with Crippen LogP contribution in [0.3, 0.4) is 0 Å². The second-order valence-corrected chi connectivity index (χ2v) is 5.56. The molecule has 0 atom stereocenters. The maximum absolute atomic E-state index is 13.0. The van der Waals surface area contributed by atoms with Crippen molar-refractivity contribution in [2.75, 3.05) is 12.4 Å². The molecule has 1 N–H and O–H groups in total. The summed E-state index contributed by atoms with van der Waals surface area (Å²) in [6.07, 6.45) is 1.35. The number of methoxy groups -OCH3 is 1. The Balaban J connectivity index is 1.76. The molecule has 5 nitrogen and oxygen atoms in total. The second-order valence-electron chi connectivity index (χ2n) is 5.56. The van der Waals surface area contributed by atoms with Crippen molar-refractivity contribution in [1.82, 2.24) is 0 Å². The van der Waals surface area contributed by atoms with Crippen LogP contribution in [0.25, 0.3) is 17.4 Å². The first-order valence-electron chi connectivity index (χ1n) is 8.02. The highest BCUT2D eigenvalue weighted by Crippen LogP contribution is 2.24. The molecule has 6 heteroatoms. The molecule has 3 rings (SSSR count). The Morgan fingerprint density at radius 3 is 2.44 bits per heavy atom. The summed E-state index contributed by atoms with van der Waals surface area (Å²) in [5.74, 6) is 0.618. The van der Waals surface area contributed by atoms with Gasteiger partial charge in [-0.25, -0.2) is 4.39 Å². The summed E-state index contributed by atoms with van der Waals surface area (Å²) in [5, 5.41) is 11.9. The van der Waals surface area contributed by atoms with Crippen LogP contribution in [-0.2, 0) is 4.79 Å². The van der Waals surface area contributed by atoms with Crippen LogP contribution < -0.4 is 10.1 Å². The van der Waals surface area contributed by atoms with Crippen molar-refractivity contribution in [3.8, 4) is 23.1 Å². The van der Waals surface area contributed by atoms with Crippen LogP contribution in [0.5, 0.6) is 5.75 Å². The zero-order chi connectivity index (χ0) is 19.2. The van der Waals surface area contributed by atoms with Gasteiger partial charge in [-0.2, -0.15) is 5.26 Å². The number of furan rings is 1. The Morgan fingerprint density at radius 1 is 1.11 bits per heavy atom. The highest BCUT2D eigenvalue weighted by atomic mass is 19.1. The number of ether oxygens (including phenoxy) is 1. The Hall–Kier alpha value is -3.85. The molecule has 3 aromatic rings. The zero-order valence-corrected chi connectivity index (χ0v) is 14.4. The van der Waals surface area contributed by atoms with Gasteiger partial charge in [0, 0.05) is 17.3 Å². The monoisotopic (exact) mass is 362 g/mol. The van der Waals surface area contributed by atoms with E-state index in [1.165, 1.54) is 18.2 Å². The highest BCUT2D eigenvalue weighted by Gasteiger charge is 2.12. The number of hydrogen-bond acceptors (Lipinski definition) is 4. The van der Waals surface area contributed by atoms with E-state index in [1.54, 1.807) is 55.6 Å². The maximum Gasteiger partial charge on any atom is 0.266 e. The van der Waals surface area contributed by atoms with Gasteiger partial charge in [0.15, 0.2) is 0 Å². The molecule has 0 aliphatic heterocycles. The topological polar surface area (TPSA) is 75.3 Å². The van der Waals surface area contributed by atoms with Crippen molar-refractivity contribution in [3.05, 3.63) is 77.8 Å². The summed E-state index contributed by atoms with van der Waals surface area (Å²) in [6.45, 7) is 0. The summed E-state index contributed by atoms with van der Waals surface area (Å²) in [5.41, 5.74) is 1.12. The largest absolute Gasteiger partial charge is 0.497 e. The highest BCUT2D eigenvalue weighted by molar-refractivity contribution is 6.09. The number of hydrogen-bond donors (Lipinski definition) is 1. The van der Waals surface area contributed by atoms with Gasteiger partial charge < -0.3 is 14.5 Å². The summed E-state index contributed by atoms with van der Waals surface area (Å²) < 4.78 is 23.7. The van der Waals surface area contributed by atoms with Gasteiger partial charge in [-0.05, 0) is 60.7 Å². The van der Waals surface area contributed by atoms with Gasteiger partial charge in [-0.1, -0.05) is 0 Å². The fourth-order valence-corrected chi connectivity index (χ4v) is 2.36. The Labute approximate surface area is 155 Å². The number of carbonyl (C=O) groups excluding carboxylic acids is 1. The normalized spacial score (nSPS) is 10.9. The summed E-state index contributed by atoms with van der Waals surface area (Å²) >= 11 is 0. The number of rotatable bonds is 5. The van der Waals surface area contributed by atoms with E-state index < -0.39 is 5.91 Å². The first-order chi connectivity index (χ1) is 13.1. The van der Waals surface area contributed by atoms with Crippen LogP contribution in [0.2, 0.25) is 0 Å². The summed E-state index contributed by atoms with van der Waals surface area (Å²) in [6, 6.07) is 17.8. The van der Waals surface area contributed by atoms with Crippen molar-refractivity contribution in [1.29, 1.82) is 5.26 Å². The molecule has 134 valence electrons. The molecule has 0 aliphatic carbocycles. The quantitative estimate of drug-likeness (QED) is 0.530. The van der Waals surface area contributed by atoms with Crippen LogP contribution in [0.4, 0.5) is 10.1 Å². The fraction of sp³-hybridized carbons (Fsp3) is 0.0476. The number of carbonyl (C=O) groups is 1. The third-order valence-electron chi connectivity index (χ3n) is 3.76. The van der Waals surface area contributed by atoms with Crippen molar-refractivity contribution in [2.24, 2.45) is 0 Å². The molecule has 0 aliphatic rings. The predicted octanol–water partition coefficient (Wildman–Crippen LogP) is 4.64. The molecular formula is C21H15FN2O3. The predicted molar refractivity (Wildman–Crippen MR) is 99.3 cm³/mol. The average Bonchev–Trinajstić information content (AvgIpc) is 3.16. The number of nitrogens with zero attached hydrogens (tertiary/aromatic N) is 1. The number of benzene rings is 2. The first kappa shape index (κ1) is 18.0. The minimum atomic E-state index is -0.553. The third-order valence-corrected chi connectivity index (χ3v) is 3.76. The van der Waals surface area contributed by atoms with Gasteiger partial charge in [0.1, 0.15) is 34.7 Å². The number of halogens is 1. The van der Waals surface area contributed by atoms with E-state index >= 15 is 0 Å². The maximum atomic E-state index is 13.0. The fourth-order valence-electron chi connectivity index (χ4n) is 2.36. The van der Waals surface area contributed by atoms with Gasteiger partial charge in [-0.3, -0.25) is 4.79 Å². The van der Waals surface area contributed by atoms with E-state index in [4.69, 9.17) is 9.15 Å². The molecule has 0 radical (unpaired) electrons. The van der Waals surface area contributed by atoms with Gasteiger partial charge in [-0.15, -0.1) is 0 Å². The Bertz CT molecular complexity index is 1010. The average molecular weight is 362 g/mol. The van der Waals surface area contributed by atoms with Crippen LogP contribution >= 0.6 is 0 Å². The second kappa shape index (κ2) is 8.02. The molecule has 1 heterocycles. The van der Waals surface area contributed by atoms with Crippen molar-refractivity contribution in [3.63, 3.8) is 0 Å². The van der Waals surface area contributed by atoms with E-state index in [2.05, 4.69) is 5.32 Å². The standard InChI is InChI=1S/C21H15FN2O3/c1-26-18-8-6-17(7-9-18)24-21(25)15(13-23)12-19-10-11-20(27-19)14-2-4-16(22)5-3-14/h2-12H,1H3,(H,24,25)/b15-12-. The molecular weight excluding hydrogens is 347 g/mol. The van der Waals surface area contributed by atoms with Gasteiger partial charge >= 0.3 is 0 Å².